The Hall–Kier alpha value is -3.59. The number of hydrogen-bond donors (Lipinski definition) is 2. The Bertz CT molecular complexity index is 1100. The maximum absolute atomic E-state index is 13.2. The van der Waals surface area contributed by atoms with E-state index in [1.807, 2.05) is 24.3 Å². The highest BCUT2D eigenvalue weighted by Crippen LogP contribution is 2.32. The van der Waals surface area contributed by atoms with Crippen molar-refractivity contribution in [2.45, 2.75) is 51.0 Å². The molecule has 0 unspecified atom stereocenters. The number of benzene rings is 2. The number of fused-ring (bicyclic) bond motifs is 2. The number of carbonyl (C=O) groups excluding carboxylic acids is 3. The van der Waals surface area contributed by atoms with Crippen LogP contribution in [0.4, 0.5) is 5.69 Å². The zero-order valence-electron chi connectivity index (χ0n) is 20.2. The molecule has 0 aliphatic carbocycles. The lowest BCUT2D eigenvalue weighted by atomic mass is 9.94. The van der Waals surface area contributed by atoms with Crippen LogP contribution in [0.5, 0.6) is 11.5 Å². The molecule has 9 heteroatoms. The van der Waals surface area contributed by atoms with E-state index in [0.29, 0.717) is 36.4 Å². The second-order valence-electron chi connectivity index (χ2n) is 8.89. The Balaban J connectivity index is 1.37. The minimum Gasteiger partial charge on any atom is -0.497 e. The van der Waals surface area contributed by atoms with Crippen molar-refractivity contribution in [1.29, 1.82) is 0 Å². The fourth-order valence-electron chi connectivity index (χ4n) is 4.57. The lowest BCUT2D eigenvalue weighted by molar-refractivity contribution is -0.134. The predicted octanol–water partition coefficient (Wildman–Crippen LogP) is 2.74. The Morgan fingerprint density at radius 1 is 1.17 bits per heavy atom. The van der Waals surface area contributed by atoms with E-state index >= 15 is 0 Å². The molecule has 0 spiro atoms. The molecule has 0 bridgehead atoms. The lowest BCUT2D eigenvalue weighted by Crippen LogP contribution is -2.53. The molecule has 3 amide bonds. The highest BCUT2D eigenvalue weighted by molar-refractivity contribution is 5.99. The molecule has 1 saturated heterocycles. The first-order chi connectivity index (χ1) is 16.8. The molecule has 0 aromatic heterocycles. The summed E-state index contributed by atoms with van der Waals surface area (Å²) in [6.45, 7) is 2.09. The van der Waals surface area contributed by atoms with Gasteiger partial charge in [-0.15, -0.1) is 0 Å². The third-order valence-corrected chi connectivity index (χ3v) is 6.37. The van der Waals surface area contributed by atoms with E-state index in [1.54, 1.807) is 37.3 Å². The summed E-state index contributed by atoms with van der Waals surface area (Å²) in [6, 6.07) is 12.4. The van der Waals surface area contributed by atoms with Crippen molar-refractivity contribution < 1.29 is 28.6 Å². The Kier molecular flexibility index (Phi) is 7.55. The lowest BCUT2D eigenvalue weighted by Gasteiger charge is -2.42. The molecule has 2 aromatic rings. The molecule has 1 fully saturated rings. The molecular formula is C26H31N3O6. The van der Waals surface area contributed by atoms with Crippen molar-refractivity contribution in [1.82, 2.24) is 10.2 Å². The molecule has 2 N–H and O–H groups in total. The van der Waals surface area contributed by atoms with Crippen LogP contribution in [0.1, 0.15) is 42.1 Å². The largest absolute Gasteiger partial charge is 0.497 e. The van der Waals surface area contributed by atoms with Gasteiger partial charge in [0.25, 0.3) is 5.91 Å². The minimum atomic E-state index is -0.350. The third kappa shape index (κ3) is 5.92. The van der Waals surface area contributed by atoms with Crippen LogP contribution >= 0.6 is 0 Å². The van der Waals surface area contributed by atoms with Gasteiger partial charge in [-0.2, -0.15) is 0 Å². The van der Waals surface area contributed by atoms with Gasteiger partial charge in [0.1, 0.15) is 24.2 Å². The number of hydrogen-bond acceptors (Lipinski definition) is 6. The van der Waals surface area contributed by atoms with Gasteiger partial charge in [-0.25, -0.2) is 0 Å². The first kappa shape index (κ1) is 24.5. The quantitative estimate of drug-likeness (QED) is 0.657. The van der Waals surface area contributed by atoms with Crippen molar-refractivity contribution >= 4 is 23.4 Å². The molecule has 0 radical (unpaired) electrons. The van der Waals surface area contributed by atoms with Crippen LogP contribution in [0.25, 0.3) is 0 Å². The van der Waals surface area contributed by atoms with Crippen LogP contribution in [-0.4, -0.2) is 61.6 Å². The van der Waals surface area contributed by atoms with Gasteiger partial charge in [0.15, 0.2) is 0 Å². The average molecular weight is 482 g/mol. The van der Waals surface area contributed by atoms with Gasteiger partial charge in [0.05, 0.1) is 31.2 Å². The number of amides is 3. The van der Waals surface area contributed by atoms with E-state index in [-0.39, 0.29) is 49.0 Å². The molecule has 3 atom stereocenters. The molecule has 35 heavy (non-hydrogen) atoms. The van der Waals surface area contributed by atoms with Gasteiger partial charge in [-0.05, 0) is 48.7 Å². The van der Waals surface area contributed by atoms with Crippen molar-refractivity contribution in [2.24, 2.45) is 0 Å². The minimum absolute atomic E-state index is 0.0942. The SMILES string of the molecule is COc1cccc(CNC(=O)C[C@@H]2CC[C@H]3[C@@H](COc4ccc(NC(C)=O)cc4C(=O)N3C)O2)c1. The maximum Gasteiger partial charge on any atom is 0.257 e. The van der Waals surface area contributed by atoms with Crippen LogP contribution in [0.15, 0.2) is 42.5 Å². The number of nitrogens with zero attached hydrogens (tertiary/aromatic N) is 1. The van der Waals surface area contributed by atoms with Gasteiger partial charge >= 0.3 is 0 Å². The van der Waals surface area contributed by atoms with Crippen LogP contribution < -0.4 is 20.1 Å². The number of rotatable bonds is 6. The standard InChI is InChI=1S/C26H31N3O6/c1-16(30)28-18-7-10-23-21(12-18)26(32)29(2)22-9-8-20(35-24(22)15-34-23)13-25(31)27-14-17-5-4-6-19(11-17)33-3/h4-7,10-12,20,22,24H,8-9,13-15H2,1-3H3,(H,27,31)(H,28,30)/t20-,22-,24+/m0/s1. The number of nitrogens with one attached hydrogen (secondary N) is 2. The molecule has 9 nitrogen and oxygen atoms in total. The first-order valence-electron chi connectivity index (χ1n) is 11.7. The van der Waals surface area contributed by atoms with Gasteiger partial charge in [-0.1, -0.05) is 12.1 Å². The first-order valence-corrected chi connectivity index (χ1v) is 11.7. The highest BCUT2D eigenvalue weighted by Gasteiger charge is 2.39. The van der Waals surface area contributed by atoms with Crippen molar-refractivity contribution in [3.8, 4) is 11.5 Å². The average Bonchev–Trinajstić information content (AvgIpc) is 2.85. The molecule has 2 aliphatic heterocycles. The third-order valence-electron chi connectivity index (χ3n) is 6.37. The summed E-state index contributed by atoms with van der Waals surface area (Å²) < 4.78 is 17.4. The summed E-state index contributed by atoms with van der Waals surface area (Å²) in [5, 5.41) is 5.64. The normalized spacial score (nSPS) is 21.5. The molecule has 2 heterocycles. The second kappa shape index (κ2) is 10.8. The monoisotopic (exact) mass is 481 g/mol. The maximum atomic E-state index is 13.2. The summed E-state index contributed by atoms with van der Waals surface area (Å²) in [5.74, 6) is 0.686. The molecule has 186 valence electrons. The van der Waals surface area contributed by atoms with E-state index in [1.165, 1.54) is 6.92 Å². The van der Waals surface area contributed by atoms with Crippen LogP contribution in [0, 0.1) is 0 Å². The Morgan fingerprint density at radius 2 is 2.00 bits per heavy atom. The van der Waals surface area contributed by atoms with Crippen molar-refractivity contribution in [3.63, 3.8) is 0 Å². The van der Waals surface area contributed by atoms with Crippen LogP contribution in [-0.2, 0) is 20.9 Å². The van der Waals surface area contributed by atoms with E-state index in [0.717, 1.165) is 11.3 Å². The highest BCUT2D eigenvalue weighted by atomic mass is 16.5. The van der Waals surface area contributed by atoms with Gasteiger partial charge in [0, 0.05) is 26.2 Å². The number of methoxy groups -OCH3 is 1. The molecule has 0 saturated carbocycles. The van der Waals surface area contributed by atoms with Gasteiger partial charge < -0.3 is 29.7 Å². The molecule has 4 rings (SSSR count). The summed E-state index contributed by atoms with van der Waals surface area (Å²) in [4.78, 5) is 38.9. The molecule has 2 aromatic carbocycles. The predicted molar refractivity (Wildman–Crippen MR) is 129 cm³/mol. The second-order valence-corrected chi connectivity index (χ2v) is 8.89. The topological polar surface area (TPSA) is 106 Å². The number of likely N-dealkylation sites (N-methyl/N-ethyl adjacent to an activating group) is 1. The Morgan fingerprint density at radius 3 is 2.77 bits per heavy atom. The molecular weight excluding hydrogens is 450 g/mol. The van der Waals surface area contributed by atoms with Crippen molar-refractivity contribution in [3.05, 3.63) is 53.6 Å². The van der Waals surface area contributed by atoms with Gasteiger partial charge in [-0.3, -0.25) is 14.4 Å². The zero-order chi connectivity index (χ0) is 24.9. The van der Waals surface area contributed by atoms with Gasteiger partial charge in [0.2, 0.25) is 11.8 Å². The Labute approximate surface area is 204 Å². The van der Waals surface area contributed by atoms with E-state index in [2.05, 4.69) is 10.6 Å². The van der Waals surface area contributed by atoms with E-state index < -0.39 is 0 Å². The fourth-order valence-corrected chi connectivity index (χ4v) is 4.57. The zero-order valence-corrected chi connectivity index (χ0v) is 20.2. The summed E-state index contributed by atoms with van der Waals surface area (Å²) >= 11 is 0. The summed E-state index contributed by atoms with van der Waals surface area (Å²) in [5.41, 5.74) is 1.89. The van der Waals surface area contributed by atoms with E-state index in [9.17, 15) is 14.4 Å². The fraction of sp³-hybridized carbons (Fsp3) is 0.423. The number of ether oxygens (including phenoxy) is 3. The van der Waals surface area contributed by atoms with Crippen LogP contribution in [0.3, 0.4) is 0 Å². The van der Waals surface area contributed by atoms with Crippen LogP contribution in [0.2, 0.25) is 0 Å². The van der Waals surface area contributed by atoms with E-state index in [4.69, 9.17) is 14.2 Å². The summed E-state index contributed by atoms with van der Waals surface area (Å²) in [6.07, 6.45) is 0.989. The number of anilines is 1. The summed E-state index contributed by atoms with van der Waals surface area (Å²) in [7, 11) is 3.36. The molecule has 2 aliphatic rings. The van der Waals surface area contributed by atoms with Crippen molar-refractivity contribution in [2.75, 3.05) is 26.1 Å². The number of carbonyl (C=O) groups is 3. The smallest absolute Gasteiger partial charge is 0.257 e.